The van der Waals surface area contributed by atoms with Gasteiger partial charge in [0, 0.05) is 24.8 Å². The predicted molar refractivity (Wildman–Crippen MR) is 153 cm³/mol. The number of anilines is 1. The largest absolute Gasteiger partial charge is 0.467 e. The summed E-state index contributed by atoms with van der Waals surface area (Å²) in [6.07, 6.45) is 5.25. The Morgan fingerprint density at radius 2 is 1.73 bits per heavy atom. The summed E-state index contributed by atoms with van der Waals surface area (Å²) in [4.78, 5) is 29.4. The highest BCUT2D eigenvalue weighted by Gasteiger charge is 2.37. The van der Waals surface area contributed by atoms with Crippen molar-refractivity contribution in [1.82, 2.24) is 24.6 Å². The normalized spacial score (nSPS) is 14.9. The molecule has 0 unspecified atom stereocenters. The molecular formula is C29H34N6O5S. The zero-order valence-electron chi connectivity index (χ0n) is 23.1. The van der Waals surface area contributed by atoms with E-state index in [0.29, 0.717) is 29.8 Å². The molecule has 11 nitrogen and oxygen atoms in total. The Bertz CT molecular complexity index is 1590. The molecule has 2 aromatic carbocycles. The number of aromatic nitrogens is 3. The van der Waals surface area contributed by atoms with E-state index in [1.165, 1.54) is 32.3 Å². The maximum Gasteiger partial charge on any atom is 0.251 e. The summed E-state index contributed by atoms with van der Waals surface area (Å²) < 4.78 is 34.8. The van der Waals surface area contributed by atoms with E-state index in [1.807, 2.05) is 18.2 Å². The second-order valence-corrected chi connectivity index (χ2v) is 11.9. The summed E-state index contributed by atoms with van der Waals surface area (Å²) in [6, 6.07) is 15.5. The topological polar surface area (TPSA) is 131 Å². The zero-order valence-corrected chi connectivity index (χ0v) is 24.0. The highest BCUT2D eigenvalue weighted by molar-refractivity contribution is 7.89. The average molecular weight is 579 g/mol. The Labute approximate surface area is 239 Å². The maximum atomic E-state index is 14.1. The number of fused-ring (bicyclic) bond motifs is 1. The summed E-state index contributed by atoms with van der Waals surface area (Å²) in [6.45, 7) is 4.02. The monoisotopic (exact) mass is 578 g/mol. The number of hydrogen-bond donors (Lipinski definition) is 1. The van der Waals surface area contributed by atoms with Crippen LogP contribution in [-0.2, 0) is 26.2 Å². The van der Waals surface area contributed by atoms with Crippen LogP contribution in [0.3, 0.4) is 0 Å². The Hall–Kier alpha value is -4.03. The molecule has 1 fully saturated rings. The third kappa shape index (κ3) is 5.89. The van der Waals surface area contributed by atoms with Gasteiger partial charge in [0.2, 0.25) is 15.9 Å². The fraction of sp³-hybridized carbons (Fsp3) is 0.379. The number of furan rings is 1. The van der Waals surface area contributed by atoms with Gasteiger partial charge in [-0.25, -0.2) is 13.1 Å². The van der Waals surface area contributed by atoms with Gasteiger partial charge >= 0.3 is 0 Å². The van der Waals surface area contributed by atoms with Crippen LogP contribution in [0.4, 0.5) is 5.69 Å². The number of nitrogens with one attached hydrogen (secondary N) is 1. The number of carbonyl (C=O) groups excluding carboxylic acids is 2. The van der Waals surface area contributed by atoms with Crippen molar-refractivity contribution in [1.29, 1.82) is 0 Å². The summed E-state index contributed by atoms with van der Waals surface area (Å²) in [5.41, 5.74) is 1.66. The number of sulfonamides is 1. The molecule has 2 heterocycles. The Morgan fingerprint density at radius 1 is 1.02 bits per heavy atom. The molecule has 4 aromatic rings. The quantitative estimate of drug-likeness (QED) is 0.286. The van der Waals surface area contributed by atoms with E-state index in [2.05, 4.69) is 15.6 Å². The van der Waals surface area contributed by atoms with Gasteiger partial charge < -0.3 is 9.73 Å². The van der Waals surface area contributed by atoms with Crippen molar-refractivity contribution < 1.29 is 22.4 Å². The van der Waals surface area contributed by atoms with Crippen molar-refractivity contribution in [3.05, 3.63) is 72.7 Å². The van der Waals surface area contributed by atoms with Crippen LogP contribution in [0.2, 0.25) is 0 Å². The molecule has 12 heteroatoms. The number of para-hydroxylation sites is 1. The Balaban J connectivity index is 1.55. The molecule has 2 aromatic heterocycles. The van der Waals surface area contributed by atoms with Gasteiger partial charge in [-0.15, -0.1) is 5.10 Å². The van der Waals surface area contributed by atoms with Crippen molar-refractivity contribution in [2.45, 2.75) is 63.1 Å². The van der Waals surface area contributed by atoms with Gasteiger partial charge in [0.25, 0.3) is 5.91 Å². The average Bonchev–Trinajstić information content (AvgIpc) is 3.76. The van der Waals surface area contributed by atoms with Crippen LogP contribution in [0, 0.1) is 0 Å². The van der Waals surface area contributed by atoms with E-state index in [4.69, 9.17) is 4.42 Å². The molecule has 0 radical (unpaired) electrons. The smallest absolute Gasteiger partial charge is 0.251 e. The third-order valence-corrected chi connectivity index (χ3v) is 9.52. The second-order valence-electron chi connectivity index (χ2n) is 9.99. The van der Waals surface area contributed by atoms with Crippen LogP contribution < -0.4 is 10.2 Å². The number of nitrogens with zero attached hydrogens (tertiary/aromatic N) is 5. The first-order valence-electron chi connectivity index (χ1n) is 13.9. The number of benzene rings is 2. The third-order valence-electron chi connectivity index (χ3n) is 7.45. The lowest BCUT2D eigenvalue weighted by Gasteiger charge is -2.31. The van der Waals surface area contributed by atoms with Crippen molar-refractivity contribution in [3.8, 4) is 0 Å². The van der Waals surface area contributed by atoms with Crippen molar-refractivity contribution in [3.63, 3.8) is 0 Å². The maximum absolute atomic E-state index is 14.1. The van der Waals surface area contributed by atoms with Gasteiger partial charge in [-0.3, -0.25) is 14.5 Å². The van der Waals surface area contributed by atoms with Crippen molar-refractivity contribution >= 4 is 38.6 Å². The first-order valence-corrected chi connectivity index (χ1v) is 15.3. The minimum atomic E-state index is -3.72. The van der Waals surface area contributed by atoms with Crippen LogP contribution in [0.5, 0.6) is 0 Å². The molecule has 5 rings (SSSR count). The lowest BCUT2D eigenvalue weighted by atomic mass is 10.1. The van der Waals surface area contributed by atoms with Crippen LogP contribution in [0.1, 0.15) is 51.3 Å². The molecule has 2 amide bonds. The summed E-state index contributed by atoms with van der Waals surface area (Å²) >= 11 is 0. The minimum absolute atomic E-state index is 0.0118. The van der Waals surface area contributed by atoms with Crippen molar-refractivity contribution in [2.75, 3.05) is 18.0 Å². The number of hydrogen-bond acceptors (Lipinski definition) is 7. The summed E-state index contributed by atoms with van der Waals surface area (Å²) in [5, 5.41) is 11.4. The molecule has 1 saturated carbocycles. The molecule has 41 heavy (non-hydrogen) atoms. The highest BCUT2D eigenvalue weighted by Crippen LogP contribution is 2.31. The lowest BCUT2D eigenvalue weighted by molar-refractivity contribution is -0.127. The fourth-order valence-corrected chi connectivity index (χ4v) is 6.80. The van der Waals surface area contributed by atoms with Crippen LogP contribution >= 0.6 is 0 Å². The van der Waals surface area contributed by atoms with Crippen molar-refractivity contribution in [2.24, 2.45) is 0 Å². The molecule has 0 spiro atoms. The van der Waals surface area contributed by atoms with E-state index >= 15 is 0 Å². The van der Waals surface area contributed by atoms with Crippen LogP contribution in [0.25, 0.3) is 11.0 Å². The van der Waals surface area contributed by atoms with Gasteiger partial charge in [0.05, 0.1) is 16.7 Å². The van der Waals surface area contributed by atoms with Gasteiger partial charge in [-0.1, -0.05) is 44.0 Å². The number of amides is 2. The molecule has 0 bridgehead atoms. The van der Waals surface area contributed by atoms with Gasteiger partial charge in [0.1, 0.15) is 17.8 Å². The molecule has 1 N–H and O–H groups in total. The van der Waals surface area contributed by atoms with E-state index in [0.717, 1.165) is 25.7 Å². The zero-order chi connectivity index (χ0) is 29.0. The van der Waals surface area contributed by atoms with E-state index in [9.17, 15) is 18.0 Å². The van der Waals surface area contributed by atoms with Gasteiger partial charge in [-0.2, -0.15) is 4.31 Å². The van der Waals surface area contributed by atoms with Gasteiger partial charge in [-0.05, 0) is 61.4 Å². The molecule has 216 valence electrons. The molecular weight excluding hydrogens is 544 g/mol. The van der Waals surface area contributed by atoms with E-state index in [1.54, 1.807) is 44.2 Å². The standard InChI is InChI=1S/C29H34N6O5S/c1-3-33(4-2)41(38,39)23-17-15-22(16-18-23)35(27(36)20-34-25-13-8-7-12-24(25)31-32-34)28(26-14-9-19-40-26)29(37)30-21-10-5-6-11-21/h7-9,12-19,21,28H,3-6,10-11,20H2,1-2H3,(H,30,37)/t28-/m0/s1. The lowest BCUT2D eigenvalue weighted by Crippen LogP contribution is -2.47. The fourth-order valence-electron chi connectivity index (χ4n) is 5.34. The molecule has 1 atom stereocenters. The number of carbonyl (C=O) groups is 2. The Kier molecular flexibility index (Phi) is 8.50. The van der Waals surface area contributed by atoms with Crippen LogP contribution in [-0.4, -0.2) is 58.7 Å². The van der Waals surface area contributed by atoms with E-state index in [-0.39, 0.29) is 29.1 Å². The first-order chi connectivity index (χ1) is 19.8. The SMILES string of the molecule is CCN(CC)S(=O)(=O)c1ccc(N(C(=O)Cn2nnc3ccccc32)[C@H](C(=O)NC2CCCC2)c2ccco2)cc1. The Morgan fingerprint density at radius 3 is 2.39 bits per heavy atom. The van der Waals surface area contributed by atoms with Gasteiger partial charge in [0.15, 0.2) is 6.04 Å². The minimum Gasteiger partial charge on any atom is -0.467 e. The summed E-state index contributed by atoms with van der Waals surface area (Å²) in [5.74, 6) is -0.524. The molecule has 0 saturated heterocycles. The van der Waals surface area contributed by atoms with E-state index < -0.39 is 22.0 Å². The second kappa shape index (κ2) is 12.2. The highest BCUT2D eigenvalue weighted by atomic mass is 32.2. The molecule has 0 aliphatic heterocycles. The number of rotatable bonds is 11. The first kappa shape index (κ1) is 28.5. The molecule has 1 aliphatic carbocycles. The molecule has 1 aliphatic rings. The summed E-state index contributed by atoms with van der Waals surface area (Å²) in [7, 11) is -3.72. The predicted octanol–water partition coefficient (Wildman–Crippen LogP) is 3.89. The van der Waals surface area contributed by atoms with Crippen LogP contribution in [0.15, 0.2) is 76.2 Å².